The molecule has 3 N–H and O–H groups in total. The highest BCUT2D eigenvalue weighted by molar-refractivity contribution is 6.32. The van der Waals surface area contributed by atoms with E-state index in [1.54, 1.807) is 20.3 Å². The molecule has 0 fully saturated rings. The van der Waals surface area contributed by atoms with Crippen LogP contribution in [0.15, 0.2) is 36.4 Å². The van der Waals surface area contributed by atoms with E-state index in [9.17, 15) is 0 Å². The summed E-state index contributed by atoms with van der Waals surface area (Å²) in [6, 6.07) is 12.1. The summed E-state index contributed by atoms with van der Waals surface area (Å²) < 4.78 is 10.7. The molecular formula is C17H19ClN2O2. The summed E-state index contributed by atoms with van der Waals surface area (Å²) in [4.78, 5) is 0. The van der Waals surface area contributed by atoms with Gasteiger partial charge in [-0.2, -0.15) is 0 Å². The normalized spacial score (nSPS) is 19.6. The van der Waals surface area contributed by atoms with E-state index >= 15 is 0 Å². The van der Waals surface area contributed by atoms with Crippen LogP contribution in [0.4, 0.5) is 5.69 Å². The second-order valence-electron chi connectivity index (χ2n) is 5.36. The van der Waals surface area contributed by atoms with Crippen LogP contribution in [0, 0.1) is 0 Å². The minimum atomic E-state index is 0.0499. The topological polar surface area (TPSA) is 56.5 Å². The van der Waals surface area contributed by atoms with E-state index in [0.29, 0.717) is 16.5 Å². The van der Waals surface area contributed by atoms with E-state index in [0.717, 1.165) is 12.1 Å². The summed E-state index contributed by atoms with van der Waals surface area (Å²) in [5, 5.41) is 4.03. The summed E-state index contributed by atoms with van der Waals surface area (Å²) in [5.41, 5.74) is 9.49. The third-order valence-electron chi connectivity index (χ3n) is 4.06. The first-order valence-corrected chi connectivity index (χ1v) is 7.54. The Balaban J connectivity index is 1.94. The lowest BCUT2D eigenvalue weighted by Crippen LogP contribution is -2.10. The van der Waals surface area contributed by atoms with Gasteiger partial charge in [0.25, 0.3) is 0 Å². The highest BCUT2D eigenvalue weighted by Gasteiger charge is 2.28. The first kappa shape index (κ1) is 15.0. The zero-order valence-corrected chi connectivity index (χ0v) is 13.4. The van der Waals surface area contributed by atoms with E-state index in [1.807, 2.05) is 18.2 Å². The smallest absolute Gasteiger partial charge is 0.143 e. The first-order chi connectivity index (χ1) is 10.6. The number of rotatable bonds is 4. The molecule has 2 atom stereocenters. The summed E-state index contributed by atoms with van der Waals surface area (Å²) in [6.45, 7) is 0. The number of nitrogens with one attached hydrogen (secondary N) is 1. The monoisotopic (exact) mass is 318 g/mol. The number of benzene rings is 2. The molecule has 4 nitrogen and oxygen atoms in total. The summed E-state index contributed by atoms with van der Waals surface area (Å²) in [6.07, 6.45) is 0.841. The van der Waals surface area contributed by atoms with Crippen molar-refractivity contribution in [2.75, 3.05) is 19.5 Å². The minimum absolute atomic E-state index is 0.0499. The molecule has 0 spiro atoms. The van der Waals surface area contributed by atoms with Crippen LogP contribution in [-0.4, -0.2) is 14.2 Å². The van der Waals surface area contributed by atoms with E-state index < -0.39 is 0 Å². The van der Waals surface area contributed by atoms with Gasteiger partial charge in [-0.25, -0.2) is 0 Å². The summed E-state index contributed by atoms with van der Waals surface area (Å²) >= 11 is 6.15. The molecular weight excluding hydrogens is 300 g/mol. The average Bonchev–Trinajstić information content (AvgIpc) is 2.85. The highest BCUT2D eigenvalue weighted by atomic mass is 35.5. The number of hydrogen-bond donors (Lipinski definition) is 2. The van der Waals surface area contributed by atoms with Crippen molar-refractivity contribution in [1.29, 1.82) is 0 Å². The highest BCUT2D eigenvalue weighted by Crippen LogP contribution is 2.42. The van der Waals surface area contributed by atoms with Gasteiger partial charge in [-0.15, -0.1) is 0 Å². The molecule has 2 aromatic rings. The Morgan fingerprint density at radius 1 is 1.09 bits per heavy atom. The molecule has 116 valence electrons. The second kappa shape index (κ2) is 6.07. The largest absolute Gasteiger partial charge is 0.495 e. The third kappa shape index (κ3) is 2.60. The van der Waals surface area contributed by atoms with Gasteiger partial charge in [-0.3, -0.25) is 0 Å². The lowest BCUT2D eigenvalue weighted by molar-refractivity contribution is 0.404. The van der Waals surface area contributed by atoms with Crippen molar-refractivity contribution in [3.8, 4) is 11.5 Å². The Labute approximate surface area is 135 Å². The second-order valence-corrected chi connectivity index (χ2v) is 5.76. The maximum atomic E-state index is 6.22. The van der Waals surface area contributed by atoms with Gasteiger partial charge in [-0.1, -0.05) is 35.9 Å². The molecule has 5 heteroatoms. The Morgan fingerprint density at radius 2 is 1.77 bits per heavy atom. The average molecular weight is 319 g/mol. The molecule has 0 aliphatic heterocycles. The molecule has 0 saturated heterocycles. The standard InChI is InChI=1S/C17H19ClN2O2/c1-21-16-9-15(17(22-2)7-12(16)18)20-14-8-13(19)10-5-3-4-6-11(10)14/h3-7,9,13-14,20H,8,19H2,1-2H3. The van der Waals surface area contributed by atoms with Gasteiger partial charge in [0, 0.05) is 18.2 Å². The number of methoxy groups -OCH3 is 2. The number of ether oxygens (including phenoxy) is 2. The van der Waals surface area contributed by atoms with Crippen LogP contribution in [0.3, 0.4) is 0 Å². The molecule has 0 heterocycles. The first-order valence-electron chi connectivity index (χ1n) is 7.16. The molecule has 3 rings (SSSR count). The zero-order valence-electron chi connectivity index (χ0n) is 12.6. The van der Waals surface area contributed by atoms with Crippen molar-refractivity contribution in [2.24, 2.45) is 5.73 Å². The Morgan fingerprint density at radius 3 is 2.45 bits per heavy atom. The van der Waals surface area contributed by atoms with Gasteiger partial charge in [-0.05, 0) is 17.5 Å². The van der Waals surface area contributed by atoms with Crippen molar-refractivity contribution < 1.29 is 9.47 Å². The fourth-order valence-electron chi connectivity index (χ4n) is 2.97. The van der Waals surface area contributed by atoms with Gasteiger partial charge in [0.1, 0.15) is 11.5 Å². The SMILES string of the molecule is COc1cc(NC2CC(N)c3ccccc32)c(OC)cc1Cl. The summed E-state index contributed by atoms with van der Waals surface area (Å²) in [5.74, 6) is 1.30. The van der Waals surface area contributed by atoms with Gasteiger partial charge >= 0.3 is 0 Å². The van der Waals surface area contributed by atoms with E-state index in [-0.39, 0.29) is 12.1 Å². The van der Waals surface area contributed by atoms with Crippen LogP contribution in [0.5, 0.6) is 11.5 Å². The zero-order chi connectivity index (χ0) is 15.7. The van der Waals surface area contributed by atoms with Crippen LogP contribution >= 0.6 is 11.6 Å². The van der Waals surface area contributed by atoms with Crippen LogP contribution in [-0.2, 0) is 0 Å². The molecule has 0 saturated carbocycles. The third-order valence-corrected chi connectivity index (χ3v) is 4.36. The van der Waals surface area contributed by atoms with E-state index in [2.05, 4.69) is 17.4 Å². The predicted molar refractivity (Wildman–Crippen MR) is 88.9 cm³/mol. The molecule has 2 unspecified atom stereocenters. The maximum Gasteiger partial charge on any atom is 0.143 e. The lowest BCUT2D eigenvalue weighted by Gasteiger charge is -2.19. The number of halogens is 1. The van der Waals surface area contributed by atoms with Crippen molar-refractivity contribution in [2.45, 2.75) is 18.5 Å². The molecule has 22 heavy (non-hydrogen) atoms. The quantitative estimate of drug-likeness (QED) is 0.897. The van der Waals surface area contributed by atoms with Crippen LogP contribution in [0.2, 0.25) is 5.02 Å². The number of hydrogen-bond acceptors (Lipinski definition) is 4. The lowest BCUT2D eigenvalue weighted by atomic mass is 10.1. The Kier molecular flexibility index (Phi) is 4.14. The predicted octanol–water partition coefficient (Wildman–Crippen LogP) is 3.91. The van der Waals surface area contributed by atoms with Crippen LogP contribution in [0.1, 0.15) is 29.6 Å². The van der Waals surface area contributed by atoms with Crippen molar-refractivity contribution in [3.63, 3.8) is 0 Å². The van der Waals surface area contributed by atoms with E-state index in [1.165, 1.54) is 11.1 Å². The summed E-state index contributed by atoms with van der Waals surface area (Å²) in [7, 11) is 3.22. The van der Waals surface area contributed by atoms with Crippen LogP contribution < -0.4 is 20.5 Å². The van der Waals surface area contributed by atoms with Gasteiger partial charge < -0.3 is 20.5 Å². The number of fused-ring (bicyclic) bond motifs is 1. The fraction of sp³-hybridized carbons (Fsp3) is 0.294. The van der Waals surface area contributed by atoms with Crippen molar-refractivity contribution >= 4 is 17.3 Å². The van der Waals surface area contributed by atoms with Gasteiger partial charge in [0.2, 0.25) is 0 Å². The molecule has 0 aromatic heterocycles. The molecule has 1 aliphatic carbocycles. The van der Waals surface area contributed by atoms with E-state index in [4.69, 9.17) is 26.8 Å². The van der Waals surface area contributed by atoms with Crippen molar-refractivity contribution in [1.82, 2.24) is 0 Å². The fourth-order valence-corrected chi connectivity index (χ4v) is 3.20. The maximum absolute atomic E-state index is 6.22. The number of anilines is 1. The minimum Gasteiger partial charge on any atom is -0.495 e. The molecule has 2 aromatic carbocycles. The Hall–Kier alpha value is -1.91. The molecule has 0 bridgehead atoms. The number of nitrogens with two attached hydrogens (primary N) is 1. The molecule has 0 radical (unpaired) electrons. The van der Waals surface area contributed by atoms with Crippen molar-refractivity contribution in [3.05, 3.63) is 52.5 Å². The molecule has 0 amide bonds. The van der Waals surface area contributed by atoms with Gasteiger partial charge in [0.05, 0.1) is 31.0 Å². The Bertz CT molecular complexity index is 690. The van der Waals surface area contributed by atoms with Gasteiger partial charge in [0.15, 0.2) is 0 Å². The van der Waals surface area contributed by atoms with Crippen LogP contribution in [0.25, 0.3) is 0 Å². The molecule has 1 aliphatic rings.